The van der Waals surface area contributed by atoms with E-state index < -0.39 is 0 Å². The van der Waals surface area contributed by atoms with E-state index in [0.717, 1.165) is 11.8 Å². The predicted octanol–water partition coefficient (Wildman–Crippen LogP) is 3.03. The normalized spacial score (nSPS) is 45.2. The molecular formula is C12H23B. The van der Waals surface area contributed by atoms with Gasteiger partial charge >= 0.3 is 0 Å². The molecule has 0 radical (unpaired) electrons. The van der Waals surface area contributed by atoms with Crippen LogP contribution >= 0.6 is 0 Å². The summed E-state index contributed by atoms with van der Waals surface area (Å²) in [5.41, 5.74) is 0.511. The lowest BCUT2D eigenvalue weighted by Crippen LogP contribution is -2.27. The van der Waals surface area contributed by atoms with Gasteiger partial charge in [0.1, 0.15) is 7.85 Å². The maximum absolute atomic E-state index is 2.52. The lowest BCUT2D eigenvalue weighted by atomic mass is 9.52. The summed E-state index contributed by atoms with van der Waals surface area (Å²) in [7, 11) is 2.52. The number of rotatable bonds is 0. The van der Waals surface area contributed by atoms with E-state index in [1.165, 1.54) is 32.1 Å². The Morgan fingerprint density at radius 1 is 1.08 bits per heavy atom. The molecule has 1 heteroatoms. The highest BCUT2D eigenvalue weighted by Crippen LogP contribution is 2.62. The van der Waals surface area contributed by atoms with E-state index in [1.54, 1.807) is 0 Å². The van der Waals surface area contributed by atoms with E-state index in [1.807, 2.05) is 0 Å². The average molecular weight is 178 g/mol. The minimum Gasteiger partial charge on any atom is -0.0603 e. The fourth-order valence-corrected chi connectivity index (χ4v) is 3.50. The van der Waals surface area contributed by atoms with Crippen molar-refractivity contribution in [2.24, 2.45) is 17.3 Å². The van der Waals surface area contributed by atoms with E-state index >= 15 is 0 Å². The van der Waals surface area contributed by atoms with Crippen LogP contribution in [0.25, 0.3) is 0 Å². The van der Waals surface area contributed by atoms with Gasteiger partial charge in [-0.25, -0.2) is 0 Å². The van der Waals surface area contributed by atoms with Crippen LogP contribution in [-0.4, -0.2) is 7.85 Å². The van der Waals surface area contributed by atoms with Gasteiger partial charge < -0.3 is 0 Å². The van der Waals surface area contributed by atoms with Crippen LogP contribution in [-0.2, 0) is 0 Å². The Morgan fingerprint density at radius 3 is 1.92 bits per heavy atom. The van der Waals surface area contributed by atoms with Crippen LogP contribution in [0.4, 0.5) is 0 Å². The molecule has 2 atom stereocenters. The van der Waals surface area contributed by atoms with Gasteiger partial charge in [0.25, 0.3) is 0 Å². The van der Waals surface area contributed by atoms with E-state index in [9.17, 15) is 0 Å². The number of fused-ring (bicyclic) bond motifs is 1. The predicted molar refractivity (Wildman–Crippen MR) is 60.8 cm³/mol. The highest BCUT2D eigenvalue weighted by molar-refractivity contribution is 6.16. The van der Waals surface area contributed by atoms with Crippen LogP contribution in [0.1, 0.15) is 52.9 Å². The van der Waals surface area contributed by atoms with Gasteiger partial charge in [0.2, 0.25) is 0 Å². The highest BCUT2D eigenvalue weighted by Gasteiger charge is 2.49. The molecule has 0 amide bonds. The Bertz CT molecular complexity index is 190. The summed E-state index contributed by atoms with van der Waals surface area (Å²) in [4.78, 5) is 0. The molecule has 2 rings (SSSR count). The Hall–Kier alpha value is 0.0649. The van der Waals surface area contributed by atoms with Crippen molar-refractivity contribution in [1.82, 2.24) is 0 Å². The molecule has 0 nitrogen and oxygen atoms in total. The first-order chi connectivity index (χ1) is 5.92. The van der Waals surface area contributed by atoms with Crippen molar-refractivity contribution < 1.29 is 0 Å². The van der Waals surface area contributed by atoms with E-state index in [0.29, 0.717) is 10.7 Å². The van der Waals surface area contributed by atoms with Gasteiger partial charge in [0.15, 0.2) is 0 Å². The molecule has 0 N–H and O–H groups in total. The zero-order valence-corrected chi connectivity index (χ0v) is 9.69. The third kappa shape index (κ3) is 1.45. The largest absolute Gasteiger partial charge is 0.110 e. The first-order valence-electron chi connectivity index (χ1n) is 5.92. The Kier molecular flexibility index (Phi) is 2.05. The lowest BCUT2D eigenvalue weighted by Gasteiger charge is -2.40. The monoisotopic (exact) mass is 178 g/mol. The van der Waals surface area contributed by atoms with Crippen LogP contribution in [0.2, 0.25) is 5.31 Å². The highest BCUT2D eigenvalue weighted by atomic mass is 14.5. The molecule has 0 bridgehead atoms. The topological polar surface area (TPSA) is 0 Å². The molecule has 74 valence electrons. The van der Waals surface area contributed by atoms with Gasteiger partial charge in [0, 0.05) is 0 Å². The molecule has 0 aromatic heterocycles. The summed E-state index contributed by atoms with van der Waals surface area (Å²) in [6.07, 6.45) is 7.56. The van der Waals surface area contributed by atoms with Crippen LogP contribution in [0.3, 0.4) is 0 Å². The molecule has 2 aliphatic rings. The molecule has 0 spiro atoms. The second-order valence-electron chi connectivity index (χ2n) is 6.67. The van der Waals surface area contributed by atoms with Gasteiger partial charge in [0.05, 0.1) is 0 Å². The summed E-state index contributed by atoms with van der Waals surface area (Å²) in [5.74, 6) is 2.17. The van der Waals surface area contributed by atoms with E-state index in [2.05, 4.69) is 28.6 Å². The number of hydrogen-bond acceptors (Lipinski definition) is 0. The summed E-state index contributed by atoms with van der Waals surface area (Å²) >= 11 is 0. The quantitative estimate of drug-likeness (QED) is 0.500. The van der Waals surface area contributed by atoms with Crippen molar-refractivity contribution in [3.63, 3.8) is 0 Å². The third-order valence-corrected chi connectivity index (χ3v) is 5.05. The third-order valence-electron chi connectivity index (χ3n) is 5.05. The van der Waals surface area contributed by atoms with Crippen LogP contribution in [0.15, 0.2) is 0 Å². The molecule has 2 fully saturated rings. The van der Waals surface area contributed by atoms with Crippen LogP contribution in [0, 0.1) is 17.3 Å². The van der Waals surface area contributed by atoms with Crippen molar-refractivity contribution in [2.45, 2.75) is 58.2 Å². The van der Waals surface area contributed by atoms with Gasteiger partial charge in [-0.2, -0.15) is 0 Å². The molecule has 0 aromatic rings. The maximum atomic E-state index is 2.52. The van der Waals surface area contributed by atoms with E-state index in [-0.39, 0.29) is 0 Å². The second-order valence-corrected chi connectivity index (χ2v) is 6.67. The molecule has 2 saturated carbocycles. The first-order valence-corrected chi connectivity index (χ1v) is 5.92. The summed E-state index contributed by atoms with van der Waals surface area (Å²) in [6, 6.07) is 0. The van der Waals surface area contributed by atoms with Crippen LogP contribution in [0.5, 0.6) is 0 Å². The molecule has 0 aromatic carbocycles. The van der Waals surface area contributed by atoms with Gasteiger partial charge in [-0.05, 0) is 17.3 Å². The molecule has 0 saturated heterocycles. The van der Waals surface area contributed by atoms with E-state index in [4.69, 9.17) is 0 Å². The van der Waals surface area contributed by atoms with Crippen molar-refractivity contribution in [2.75, 3.05) is 0 Å². The van der Waals surface area contributed by atoms with Gasteiger partial charge in [-0.1, -0.05) is 58.2 Å². The fourth-order valence-electron chi connectivity index (χ4n) is 3.50. The fraction of sp³-hybridized carbons (Fsp3) is 1.00. The Balaban J connectivity index is 2.13. The van der Waals surface area contributed by atoms with Crippen molar-refractivity contribution in [3.05, 3.63) is 0 Å². The zero-order valence-electron chi connectivity index (χ0n) is 9.69. The minimum absolute atomic E-state index is 0.511. The molecular weight excluding hydrogens is 155 g/mol. The number of hydrogen-bond donors (Lipinski definition) is 0. The average Bonchev–Trinajstić information content (AvgIpc) is 2.42. The minimum atomic E-state index is 0.511. The van der Waals surface area contributed by atoms with Gasteiger partial charge in [-0.15, -0.1) is 0 Å². The molecule has 13 heavy (non-hydrogen) atoms. The molecule has 0 aliphatic heterocycles. The maximum Gasteiger partial charge on any atom is 0.110 e. The molecule has 2 unspecified atom stereocenters. The zero-order chi connectivity index (χ0) is 9.69. The molecule has 2 aliphatic carbocycles. The van der Waals surface area contributed by atoms with Crippen LogP contribution < -0.4 is 0 Å². The first kappa shape index (κ1) is 9.61. The SMILES string of the molecule is BC1(C(C)(C)C)CC2CCCC2C1. The second kappa shape index (κ2) is 2.78. The van der Waals surface area contributed by atoms with Crippen molar-refractivity contribution in [1.29, 1.82) is 0 Å². The summed E-state index contributed by atoms with van der Waals surface area (Å²) in [6.45, 7) is 7.27. The molecule has 0 heterocycles. The smallest absolute Gasteiger partial charge is 0.0603 e. The Morgan fingerprint density at radius 2 is 1.54 bits per heavy atom. The lowest BCUT2D eigenvalue weighted by molar-refractivity contribution is 0.252. The Labute approximate surface area is 83.9 Å². The standard InChI is InChI=1S/C12H23B/c1-11(2,3)12(13)7-9-5-4-6-10(9)8-12/h9-10H,4-8,13H2,1-3H3. The van der Waals surface area contributed by atoms with Crippen molar-refractivity contribution >= 4 is 7.85 Å². The van der Waals surface area contributed by atoms with Gasteiger partial charge in [-0.3, -0.25) is 0 Å². The summed E-state index contributed by atoms with van der Waals surface area (Å²) in [5, 5.41) is 0.628. The van der Waals surface area contributed by atoms with Crippen molar-refractivity contribution in [3.8, 4) is 0 Å². The summed E-state index contributed by atoms with van der Waals surface area (Å²) < 4.78 is 0.